The molecule has 2 atom stereocenters. The van der Waals surface area contributed by atoms with Gasteiger partial charge in [0.15, 0.2) is 5.76 Å². The van der Waals surface area contributed by atoms with Crippen LogP contribution in [0.4, 0.5) is 0 Å². The number of aliphatic hydroxyl groups excluding tert-OH is 1. The summed E-state index contributed by atoms with van der Waals surface area (Å²) in [6.07, 6.45) is 5.08. The zero-order valence-corrected chi connectivity index (χ0v) is 19.4. The second-order valence-corrected chi connectivity index (χ2v) is 10.9. The Bertz CT molecular complexity index is 960. The first-order valence-corrected chi connectivity index (χ1v) is 12.6. The van der Waals surface area contributed by atoms with Crippen LogP contribution in [0.15, 0.2) is 46.9 Å². The number of furan rings is 1. The monoisotopic (exact) mass is 449 g/mol. The lowest BCUT2D eigenvalue weighted by Crippen LogP contribution is -2.62. The molecule has 4 fully saturated rings. The zero-order valence-electron chi connectivity index (χ0n) is 19.4. The van der Waals surface area contributed by atoms with Gasteiger partial charge in [-0.1, -0.05) is 30.3 Å². The van der Waals surface area contributed by atoms with Gasteiger partial charge in [-0.05, 0) is 73.7 Å². The van der Waals surface area contributed by atoms with Crippen LogP contribution in [0.2, 0.25) is 0 Å². The molecule has 3 aliphatic heterocycles. The number of piperidine rings is 2. The molecular formula is C27H35N3O3. The van der Waals surface area contributed by atoms with Crippen molar-refractivity contribution in [3.05, 3.63) is 59.5 Å². The molecule has 6 rings (SSSR count). The Morgan fingerprint density at radius 3 is 2.33 bits per heavy atom. The summed E-state index contributed by atoms with van der Waals surface area (Å²) < 4.78 is 5.51. The molecule has 6 nitrogen and oxygen atoms in total. The van der Waals surface area contributed by atoms with Gasteiger partial charge < -0.3 is 14.4 Å². The number of hydrogen-bond donors (Lipinski definition) is 1. The second kappa shape index (κ2) is 8.57. The summed E-state index contributed by atoms with van der Waals surface area (Å²) in [5.74, 6) is 1.95. The molecule has 1 aliphatic carbocycles. The molecule has 3 saturated heterocycles. The van der Waals surface area contributed by atoms with Crippen molar-refractivity contribution in [2.75, 3.05) is 39.3 Å². The van der Waals surface area contributed by atoms with Crippen molar-refractivity contribution in [2.24, 2.45) is 17.3 Å². The van der Waals surface area contributed by atoms with Crippen molar-refractivity contribution in [3.63, 3.8) is 0 Å². The number of hydrogen-bond acceptors (Lipinski definition) is 5. The Balaban J connectivity index is 1.02. The van der Waals surface area contributed by atoms with Crippen molar-refractivity contribution < 1.29 is 14.3 Å². The Kier molecular flexibility index (Phi) is 5.55. The number of benzene rings is 1. The Morgan fingerprint density at radius 1 is 1.00 bits per heavy atom. The molecule has 1 saturated carbocycles. The van der Waals surface area contributed by atoms with Crippen LogP contribution in [0.25, 0.3) is 0 Å². The van der Waals surface area contributed by atoms with Gasteiger partial charge in [0.2, 0.25) is 0 Å². The van der Waals surface area contributed by atoms with Crippen LogP contribution >= 0.6 is 0 Å². The minimum atomic E-state index is -0.166. The first-order chi connectivity index (χ1) is 16.1. The Morgan fingerprint density at radius 2 is 1.70 bits per heavy atom. The lowest BCUT2D eigenvalue weighted by molar-refractivity contribution is -0.0697. The van der Waals surface area contributed by atoms with Crippen molar-refractivity contribution in [3.8, 4) is 0 Å². The predicted octanol–water partition coefficient (Wildman–Crippen LogP) is 3.22. The van der Waals surface area contributed by atoms with Crippen LogP contribution in [-0.4, -0.2) is 71.0 Å². The van der Waals surface area contributed by atoms with Crippen molar-refractivity contribution in [2.45, 2.75) is 44.9 Å². The maximum atomic E-state index is 13.0. The van der Waals surface area contributed by atoms with E-state index in [1.807, 2.05) is 4.90 Å². The summed E-state index contributed by atoms with van der Waals surface area (Å²) in [7, 11) is 0. The molecule has 2 aromatic rings. The highest BCUT2D eigenvalue weighted by atomic mass is 16.4. The van der Waals surface area contributed by atoms with Gasteiger partial charge in [0, 0.05) is 38.8 Å². The van der Waals surface area contributed by atoms with Gasteiger partial charge >= 0.3 is 0 Å². The predicted molar refractivity (Wildman–Crippen MR) is 125 cm³/mol. The van der Waals surface area contributed by atoms with E-state index in [9.17, 15) is 9.90 Å². The van der Waals surface area contributed by atoms with E-state index in [1.54, 1.807) is 12.1 Å². The van der Waals surface area contributed by atoms with Gasteiger partial charge in [0.25, 0.3) is 5.91 Å². The minimum absolute atomic E-state index is 0.0179. The largest absolute Gasteiger partial charge is 0.453 e. The molecule has 0 radical (unpaired) electrons. The van der Waals surface area contributed by atoms with Gasteiger partial charge in [0.1, 0.15) is 12.4 Å². The molecule has 2 unspecified atom stereocenters. The fourth-order valence-electron chi connectivity index (χ4n) is 7.16. The van der Waals surface area contributed by atoms with Crippen LogP contribution in [0, 0.1) is 17.3 Å². The molecule has 1 aromatic heterocycles. The normalized spacial score (nSPS) is 29.4. The van der Waals surface area contributed by atoms with E-state index in [4.69, 9.17) is 4.42 Å². The molecule has 176 valence electrons. The SMILES string of the molecule is O=C(c1ccc(CO)o1)N1CC2CCC(C1)C2N1CCC2(CC1)CN(Cc1ccccc1)C2. The second-order valence-electron chi connectivity index (χ2n) is 10.9. The number of fused-ring (bicyclic) bond motifs is 2. The fraction of sp³-hybridized carbons (Fsp3) is 0.593. The van der Waals surface area contributed by atoms with Crippen molar-refractivity contribution in [1.82, 2.24) is 14.7 Å². The molecular weight excluding hydrogens is 414 g/mol. The summed E-state index contributed by atoms with van der Waals surface area (Å²) in [5, 5.41) is 9.23. The molecule has 6 heteroatoms. The first kappa shape index (κ1) is 21.4. The van der Waals surface area contributed by atoms with Crippen LogP contribution in [0.5, 0.6) is 0 Å². The van der Waals surface area contributed by atoms with Crippen molar-refractivity contribution >= 4 is 5.91 Å². The maximum Gasteiger partial charge on any atom is 0.289 e. The number of amides is 1. The number of rotatable bonds is 5. The molecule has 33 heavy (non-hydrogen) atoms. The topological polar surface area (TPSA) is 60.2 Å². The summed E-state index contributed by atoms with van der Waals surface area (Å²) in [4.78, 5) is 20.3. The van der Waals surface area contributed by atoms with Crippen molar-refractivity contribution in [1.29, 1.82) is 0 Å². The number of carbonyl (C=O) groups excluding carboxylic acids is 1. The van der Waals surface area contributed by atoms with E-state index in [0.717, 1.165) is 19.6 Å². The van der Waals surface area contributed by atoms with Gasteiger partial charge in [-0.15, -0.1) is 0 Å². The summed E-state index contributed by atoms with van der Waals surface area (Å²) >= 11 is 0. The number of carbonyl (C=O) groups is 1. The van der Waals surface area contributed by atoms with Crippen LogP contribution in [0.3, 0.4) is 0 Å². The molecule has 1 amide bonds. The third kappa shape index (κ3) is 4.02. The highest BCUT2D eigenvalue weighted by molar-refractivity contribution is 5.91. The molecule has 1 N–H and O–H groups in total. The lowest BCUT2D eigenvalue weighted by Gasteiger charge is -2.56. The standard InChI is InChI=1S/C27H35N3O3/c31-17-23-8-9-24(33-23)26(32)30-15-21-6-7-22(16-30)25(21)29-12-10-27(11-13-29)18-28(19-27)14-20-4-2-1-3-5-20/h1-5,8-9,21-22,25,31H,6-7,10-19H2. The van der Waals surface area contributed by atoms with Crippen LogP contribution < -0.4 is 0 Å². The van der Waals surface area contributed by atoms with E-state index in [2.05, 4.69) is 40.1 Å². The average molecular weight is 450 g/mol. The summed E-state index contributed by atoms with van der Waals surface area (Å²) in [5.41, 5.74) is 1.95. The van der Waals surface area contributed by atoms with E-state index >= 15 is 0 Å². The molecule has 4 heterocycles. The number of aliphatic hydroxyl groups is 1. The molecule has 4 aliphatic rings. The first-order valence-electron chi connectivity index (χ1n) is 12.6. The average Bonchev–Trinajstić information content (AvgIpc) is 3.41. The quantitative estimate of drug-likeness (QED) is 0.760. The third-order valence-electron chi connectivity index (χ3n) is 8.75. The molecule has 2 bridgehead atoms. The fourth-order valence-corrected chi connectivity index (χ4v) is 7.16. The Hall–Kier alpha value is -2.15. The van der Waals surface area contributed by atoms with E-state index in [-0.39, 0.29) is 12.5 Å². The highest BCUT2D eigenvalue weighted by Crippen LogP contribution is 2.46. The zero-order chi connectivity index (χ0) is 22.4. The van der Waals surface area contributed by atoms with Gasteiger partial charge in [-0.25, -0.2) is 0 Å². The summed E-state index contributed by atoms with van der Waals surface area (Å²) in [6, 6.07) is 14.9. The van der Waals surface area contributed by atoms with Gasteiger partial charge in [-0.3, -0.25) is 14.6 Å². The van der Waals surface area contributed by atoms with E-state index < -0.39 is 0 Å². The lowest BCUT2D eigenvalue weighted by atomic mass is 9.71. The maximum absolute atomic E-state index is 13.0. The molecule has 1 aromatic carbocycles. The molecule has 1 spiro atoms. The number of likely N-dealkylation sites (tertiary alicyclic amines) is 3. The van der Waals surface area contributed by atoms with Gasteiger partial charge in [0.05, 0.1) is 0 Å². The van der Waals surface area contributed by atoms with Crippen LogP contribution in [0.1, 0.15) is 47.6 Å². The smallest absolute Gasteiger partial charge is 0.289 e. The third-order valence-corrected chi connectivity index (χ3v) is 8.75. The van der Waals surface area contributed by atoms with Gasteiger partial charge in [-0.2, -0.15) is 0 Å². The van der Waals surface area contributed by atoms with Crippen LogP contribution in [-0.2, 0) is 13.2 Å². The van der Waals surface area contributed by atoms with E-state index in [0.29, 0.717) is 34.8 Å². The Labute approximate surface area is 196 Å². The highest BCUT2D eigenvalue weighted by Gasteiger charge is 2.50. The van der Waals surface area contributed by atoms with E-state index in [1.165, 1.54) is 57.4 Å². The minimum Gasteiger partial charge on any atom is -0.453 e. The summed E-state index contributed by atoms with van der Waals surface area (Å²) in [6.45, 7) is 7.50. The number of nitrogens with zero attached hydrogens (tertiary/aromatic N) is 3.